The zero-order valence-electron chi connectivity index (χ0n) is 13.7. The molecule has 0 atom stereocenters. The van der Waals surface area contributed by atoms with Gasteiger partial charge >= 0.3 is 0 Å². The van der Waals surface area contributed by atoms with E-state index >= 15 is 0 Å². The Kier molecular flexibility index (Phi) is 7.36. The van der Waals surface area contributed by atoms with Crippen molar-refractivity contribution in [2.45, 2.75) is 63.5 Å². The van der Waals surface area contributed by atoms with Gasteiger partial charge in [0.05, 0.1) is 11.7 Å². The van der Waals surface area contributed by atoms with Crippen molar-refractivity contribution in [3.05, 3.63) is 18.0 Å². The molecule has 1 aromatic heterocycles. The van der Waals surface area contributed by atoms with E-state index in [1.807, 2.05) is 15.8 Å². The van der Waals surface area contributed by atoms with E-state index < -0.39 is 5.54 Å². The van der Waals surface area contributed by atoms with Crippen molar-refractivity contribution in [1.82, 2.24) is 14.7 Å². The number of hydrogen-bond donors (Lipinski definition) is 1. The molecular weight excluding hydrogens is 335 g/mol. The van der Waals surface area contributed by atoms with Gasteiger partial charge in [0.15, 0.2) is 0 Å². The van der Waals surface area contributed by atoms with Crippen LogP contribution in [0.3, 0.4) is 0 Å². The summed E-state index contributed by atoms with van der Waals surface area (Å²) in [6.07, 6.45) is 10.1. The van der Waals surface area contributed by atoms with Crippen LogP contribution in [-0.4, -0.2) is 39.2 Å². The summed E-state index contributed by atoms with van der Waals surface area (Å²) in [4.78, 5) is 14.6. The van der Waals surface area contributed by atoms with Crippen molar-refractivity contribution in [3.8, 4) is 0 Å². The topological polar surface area (TPSA) is 64.2 Å². The van der Waals surface area contributed by atoms with Gasteiger partial charge in [-0.3, -0.25) is 9.48 Å². The summed E-state index contributed by atoms with van der Waals surface area (Å²) >= 11 is 0. The molecule has 0 radical (unpaired) electrons. The lowest BCUT2D eigenvalue weighted by Crippen LogP contribution is -2.55. The lowest BCUT2D eigenvalue weighted by Gasteiger charge is -2.36. The molecule has 3 rings (SSSR count). The molecule has 1 aliphatic heterocycles. The Hall–Kier alpha value is -0.780. The van der Waals surface area contributed by atoms with Gasteiger partial charge in [0, 0.05) is 25.8 Å². The molecule has 1 aromatic rings. The average Bonchev–Trinajstić information content (AvgIpc) is 3.16. The standard InChI is InChI=1S/C16H26N4O.2ClH/c1-2-20-12-14(11-18-20)13-5-9-19(10-6-13)15(21)16(17)7-3-4-8-16;;/h11-13H,2-10,17H2,1H3;2*1H. The summed E-state index contributed by atoms with van der Waals surface area (Å²) in [5.41, 5.74) is 7.04. The zero-order valence-corrected chi connectivity index (χ0v) is 15.4. The first kappa shape index (κ1) is 20.3. The number of piperidine rings is 1. The van der Waals surface area contributed by atoms with Gasteiger partial charge in [0.1, 0.15) is 0 Å². The van der Waals surface area contributed by atoms with Crippen LogP contribution in [0.15, 0.2) is 12.4 Å². The minimum atomic E-state index is -0.570. The number of hydrogen-bond acceptors (Lipinski definition) is 3. The predicted molar refractivity (Wildman–Crippen MR) is 96.3 cm³/mol. The van der Waals surface area contributed by atoms with Gasteiger partial charge in [-0.05, 0) is 44.1 Å². The molecule has 132 valence electrons. The average molecular weight is 363 g/mol. The van der Waals surface area contributed by atoms with Crippen LogP contribution in [0.25, 0.3) is 0 Å². The van der Waals surface area contributed by atoms with Gasteiger partial charge in [-0.25, -0.2) is 0 Å². The lowest BCUT2D eigenvalue weighted by atomic mass is 9.89. The fraction of sp³-hybridized carbons (Fsp3) is 0.750. The van der Waals surface area contributed by atoms with E-state index in [9.17, 15) is 4.79 Å². The van der Waals surface area contributed by atoms with Gasteiger partial charge in [-0.2, -0.15) is 5.10 Å². The third kappa shape index (κ3) is 4.20. The summed E-state index contributed by atoms with van der Waals surface area (Å²) in [7, 11) is 0. The van der Waals surface area contributed by atoms with Crippen molar-refractivity contribution in [1.29, 1.82) is 0 Å². The molecule has 23 heavy (non-hydrogen) atoms. The van der Waals surface area contributed by atoms with Gasteiger partial charge in [-0.15, -0.1) is 24.8 Å². The molecule has 1 saturated carbocycles. The number of nitrogens with zero attached hydrogens (tertiary/aromatic N) is 3. The molecule has 2 fully saturated rings. The van der Waals surface area contributed by atoms with Crippen LogP contribution in [-0.2, 0) is 11.3 Å². The Morgan fingerprint density at radius 2 is 1.91 bits per heavy atom. The van der Waals surface area contributed by atoms with Crippen LogP contribution in [0.2, 0.25) is 0 Å². The third-order valence-electron chi connectivity index (χ3n) is 5.15. The molecule has 1 saturated heterocycles. The highest BCUT2D eigenvalue weighted by atomic mass is 35.5. The minimum Gasteiger partial charge on any atom is -0.341 e. The Labute approximate surface area is 150 Å². The normalized spacial score (nSPS) is 20.7. The summed E-state index contributed by atoms with van der Waals surface area (Å²) in [6, 6.07) is 0. The summed E-state index contributed by atoms with van der Waals surface area (Å²) < 4.78 is 1.97. The fourth-order valence-electron chi connectivity index (χ4n) is 3.71. The van der Waals surface area contributed by atoms with Crippen molar-refractivity contribution in [3.63, 3.8) is 0 Å². The first-order valence-corrected chi connectivity index (χ1v) is 8.23. The predicted octanol–water partition coefficient (Wildman–Crippen LogP) is 2.72. The van der Waals surface area contributed by atoms with Crippen LogP contribution >= 0.6 is 24.8 Å². The van der Waals surface area contributed by atoms with E-state index in [1.165, 1.54) is 5.56 Å². The Bertz CT molecular complexity index is 506. The molecule has 2 heterocycles. The highest BCUT2D eigenvalue weighted by molar-refractivity contribution is 5.86. The number of carbonyl (C=O) groups excluding carboxylic acids is 1. The number of likely N-dealkylation sites (tertiary alicyclic amines) is 1. The molecule has 0 aromatic carbocycles. The highest BCUT2D eigenvalue weighted by Crippen LogP contribution is 2.32. The van der Waals surface area contributed by atoms with Gasteiger partial charge < -0.3 is 10.6 Å². The smallest absolute Gasteiger partial charge is 0.242 e. The number of amides is 1. The van der Waals surface area contributed by atoms with Crippen molar-refractivity contribution in [2.75, 3.05) is 13.1 Å². The maximum atomic E-state index is 12.6. The Morgan fingerprint density at radius 3 is 2.43 bits per heavy atom. The number of carbonyl (C=O) groups is 1. The first-order chi connectivity index (χ1) is 10.1. The van der Waals surface area contributed by atoms with E-state index in [0.29, 0.717) is 5.92 Å². The number of halogens is 2. The van der Waals surface area contributed by atoms with E-state index in [-0.39, 0.29) is 30.7 Å². The molecule has 1 aliphatic carbocycles. The number of nitrogens with two attached hydrogens (primary N) is 1. The number of aromatic nitrogens is 2. The number of aryl methyl sites for hydroxylation is 1. The lowest BCUT2D eigenvalue weighted by molar-refractivity contribution is -0.137. The van der Waals surface area contributed by atoms with Gasteiger partial charge in [0.2, 0.25) is 5.91 Å². The highest BCUT2D eigenvalue weighted by Gasteiger charge is 2.40. The summed E-state index contributed by atoms with van der Waals surface area (Å²) in [5, 5.41) is 4.35. The second-order valence-corrected chi connectivity index (χ2v) is 6.56. The minimum absolute atomic E-state index is 0. The monoisotopic (exact) mass is 362 g/mol. The molecule has 0 bridgehead atoms. The van der Waals surface area contributed by atoms with Crippen LogP contribution < -0.4 is 5.73 Å². The molecule has 1 amide bonds. The Balaban J connectivity index is 0.00000132. The Morgan fingerprint density at radius 1 is 1.30 bits per heavy atom. The van der Waals surface area contributed by atoms with E-state index in [0.717, 1.165) is 58.2 Å². The number of rotatable bonds is 3. The maximum absolute atomic E-state index is 12.6. The fourth-order valence-corrected chi connectivity index (χ4v) is 3.71. The van der Waals surface area contributed by atoms with Crippen molar-refractivity contribution < 1.29 is 4.79 Å². The molecule has 7 heteroatoms. The maximum Gasteiger partial charge on any atom is 0.242 e. The molecule has 2 N–H and O–H groups in total. The van der Waals surface area contributed by atoms with Crippen LogP contribution in [0.5, 0.6) is 0 Å². The molecular formula is C16H28Cl2N4O. The quantitative estimate of drug-likeness (QED) is 0.898. The van der Waals surface area contributed by atoms with Gasteiger partial charge in [-0.1, -0.05) is 12.8 Å². The zero-order chi connectivity index (χ0) is 14.9. The molecule has 0 spiro atoms. The van der Waals surface area contributed by atoms with Crippen LogP contribution in [0, 0.1) is 0 Å². The van der Waals surface area contributed by atoms with E-state index in [4.69, 9.17) is 5.73 Å². The third-order valence-corrected chi connectivity index (χ3v) is 5.15. The largest absolute Gasteiger partial charge is 0.341 e. The van der Waals surface area contributed by atoms with E-state index in [2.05, 4.69) is 18.2 Å². The molecule has 0 unspecified atom stereocenters. The van der Waals surface area contributed by atoms with Crippen molar-refractivity contribution >= 4 is 30.7 Å². The first-order valence-electron chi connectivity index (χ1n) is 8.23. The van der Waals surface area contributed by atoms with Crippen LogP contribution in [0.4, 0.5) is 0 Å². The van der Waals surface area contributed by atoms with Gasteiger partial charge in [0.25, 0.3) is 0 Å². The summed E-state index contributed by atoms with van der Waals surface area (Å²) in [5.74, 6) is 0.717. The molecule has 2 aliphatic rings. The second-order valence-electron chi connectivity index (χ2n) is 6.56. The second kappa shape index (κ2) is 8.36. The van der Waals surface area contributed by atoms with Crippen LogP contribution in [0.1, 0.15) is 56.9 Å². The van der Waals surface area contributed by atoms with E-state index in [1.54, 1.807) is 0 Å². The SMILES string of the molecule is CCn1cc(C2CCN(C(=O)C3(N)CCCC3)CC2)cn1.Cl.Cl. The summed E-state index contributed by atoms with van der Waals surface area (Å²) in [6.45, 7) is 4.67. The molecule has 5 nitrogen and oxygen atoms in total. The van der Waals surface area contributed by atoms with Crippen molar-refractivity contribution in [2.24, 2.45) is 5.73 Å².